The predicted molar refractivity (Wildman–Crippen MR) is 83.6 cm³/mol. The smallest absolute Gasteiger partial charge is 0.225 e. The van der Waals surface area contributed by atoms with Gasteiger partial charge in [-0.05, 0) is 19.8 Å². The number of aromatic nitrogens is 1. The van der Waals surface area contributed by atoms with Gasteiger partial charge in [0.2, 0.25) is 5.91 Å². The summed E-state index contributed by atoms with van der Waals surface area (Å²) in [5, 5.41) is 6.22. The third-order valence-electron chi connectivity index (χ3n) is 3.43. The Morgan fingerprint density at radius 2 is 2.25 bits per heavy atom. The number of carbonyl (C=O) groups is 1. The van der Waals surface area contributed by atoms with Crippen molar-refractivity contribution in [2.24, 2.45) is 0 Å². The molecule has 112 valence electrons. The number of amides is 1. The van der Waals surface area contributed by atoms with Gasteiger partial charge in [0.05, 0.1) is 5.69 Å². The molecule has 2 rings (SSSR count). The SMILES string of the molecule is CCN(C(C)=O)c1nc(CNC2CCS(=O)CC2)cs1. The summed E-state index contributed by atoms with van der Waals surface area (Å²) < 4.78 is 11.3. The molecule has 0 spiro atoms. The third-order valence-corrected chi connectivity index (χ3v) is 5.72. The number of hydrogen-bond acceptors (Lipinski definition) is 5. The second-order valence-corrected chi connectivity index (χ2v) is 7.42. The first-order valence-corrected chi connectivity index (χ1v) is 9.27. The van der Waals surface area contributed by atoms with E-state index in [2.05, 4.69) is 10.3 Å². The molecular weight excluding hydrogens is 294 g/mol. The van der Waals surface area contributed by atoms with Crippen LogP contribution in [-0.2, 0) is 22.1 Å². The molecule has 0 aromatic carbocycles. The van der Waals surface area contributed by atoms with Crippen LogP contribution in [0.15, 0.2) is 5.38 Å². The summed E-state index contributed by atoms with van der Waals surface area (Å²) in [6.45, 7) is 4.86. The maximum atomic E-state index is 11.5. The largest absolute Gasteiger partial charge is 0.308 e. The number of thiazole rings is 1. The van der Waals surface area contributed by atoms with Crippen LogP contribution < -0.4 is 10.2 Å². The minimum Gasteiger partial charge on any atom is -0.308 e. The van der Waals surface area contributed by atoms with Crippen molar-refractivity contribution in [3.05, 3.63) is 11.1 Å². The van der Waals surface area contributed by atoms with Gasteiger partial charge in [-0.25, -0.2) is 4.98 Å². The van der Waals surface area contributed by atoms with Gasteiger partial charge in [-0.1, -0.05) is 0 Å². The Balaban J connectivity index is 1.86. The van der Waals surface area contributed by atoms with E-state index < -0.39 is 10.8 Å². The van der Waals surface area contributed by atoms with E-state index in [0.29, 0.717) is 19.1 Å². The molecular formula is C13H21N3O2S2. The number of hydrogen-bond donors (Lipinski definition) is 1. The molecule has 0 aliphatic carbocycles. The van der Waals surface area contributed by atoms with Crippen molar-refractivity contribution in [3.63, 3.8) is 0 Å². The lowest BCUT2D eigenvalue weighted by molar-refractivity contribution is -0.116. The molecule has 0 saturated carbocycles. The fraction of sp³-hybridized carbons (Fsp3) is 0.692. The zero-order chi connectivity index (χ0) is 14.5. The minimum absolute atomic E-state index is 0.0242. The van der Waals surface area contributed by atoms with Gasteiger partial charge in [-0.2, -0.15) is 0 Å². The average molecular weight is 315 g/mol. The lowest BCUT2D eigenvalue weighted by atomic mass is 10.1. The Morgan fingerprint density at radius 3 is 2.85 bits per heavy atom. The van der Waals surface area contributed by atoms with Crippen molar-refractivity contribution in [2.75, 3.05) is 23.0 Å². The summed E-state index contributed by atoms with van der Waals surface area (Å²) in [7, 11) is -0.615. The van der Waals surface area contributed by atoms with E-state index in [-0.39, 0.29) is 5.91 Å². The quantitative estimate of drug-likeness (QED) is 0.895. The second kappa shape index (κ2) is 7.28. The Bertz CT molecular complexity index is 480. The monoisotopic (exact) mass is 315 g/mol. The Morgan fingerprint density at radius 1 is 1.55 bits per heavy atom. The first-order valence-electron chi connectivity index (χ1n) is 6.91. The van der Waals surface area contributed by atoms with Crippen molar-refractivity contribution in [2.45, 2.75) is 39.3 Å². The van der Waals surface area contributed by atoms with E-state index in [4.69, 9.17) is 0 Å². The molecule has 1 amide bonds. The van der Waals surface area contributed by atoms with Crippen molar-refractivity contribution in [1.82, 2.24) is 10.3 Å². The zero-order valence-electron chi connectivity index (χ0n) is 11.9. The molecule has 20 heavy (non-hydrogen) atoms. The van der Waals surface area contributed by atoms with Crippen LogP contribution >= 0.6 is 11.3 Å². The van der Waals surface area contributed by atoms with Crippen molar-refractivity contribution >= 4 is 33.2 Å². The predicted octanol–water partition coefficient (Wildman–Crippen LogP) is 1.52. The molecule has 1 aromatic heterocycles. The van der Waals surface area contributed by atoms with Crippen molar-refractivity contribution in [1.29, 1.82) is 0 Å². The van der Waals surface area contributed by atoms with E-state index in [1.54, 1.807) is 11.8 Å². The Labute approximate surface area is 126 Å². The fourth-order valence-electron chi connectivity index (χ4n) is 2.24. The first kappa shape index (κ1) is 15.6. The van der Waals surface area contributed by atoms with Gasteiger partial charge in [0, 0.05) is 53.7 Å². The van der Waals surface area contributed by atoms with Gasteiger partial charge in [-0.15, -0.1) is 11.3 Å². The molecule has 1 aliphatic heterocycles. The molecule has 1 N–H and O–H groups in total. The summed E-state index contributed by atoms with van der Waals surface area (Å²) in [6, 6.07) is 0.438. The molecule has 5 nitrogen and oxygen atoms in total. The maximum absolute atomic E-state index is 11.5. The zero-order valence-corrected chi connectivity index (χ0v) is 13.6. The third kappa shape index (κ3) is 4.10. The van der Waals surface area contributed by atoms with Crippen LogP contribution in [0.5, 0.6) is 0 Å². The molecule has 0 bridgehead atoms. The summed E-state index contributed by atoms with van der Waals surface area (Å²) in [5.74, 6) is 1.62. The van der Waals surface area contributed by atoms with E-state index in [1.165, 1.54) is 11.3 Å². The lowest BCUT2D eigenvalue weighted by Crippen LogP contribution is -2.35. The number of rotatable bonds is 5. The average Bonchev–Trinajstić information content (AvgIpc) is 2.87. The van der Waals surface area contributed by atoms with E-state index in [1.807, 2.05) is 12.3 Å². The highest BCUT2D eigenvalue weighted by Crippen LogP contribution is 2.21. The van der Waals surface area contributed by atoms with Crippen LogP contribution in [0.25, 0.3) is 0 Å². The van der Waals surface area contributed by atoms with E-state index in [0.717, 1.165) is 35.2 Å². The van der Waals surface area contributed by atoms with Crippen LogP contribution in [0.2, 0.25) is 0 Å². The molecule has 7 heteroatoms. The topological polar surface area (TPSA) is 62.3 Å². The highest BCUT2D eigenvalue weighted by atomic mass is 32.2. The molecule has 1 aliphatic rings. The summed E-state index contributed by atoms with van der Waals surface area (Å²) in [5.41, 5.74) is 0.969. The maximum Gasteiger partial charge on any atom is 0.225 e. The number of nitrogens with one attached hydrogen (secondary N) is 1. The van der Waals surface area contributed by atoms with Gasteiger partial charge in [0.25, 0.3) is 0 Å². The van der Waals surface area contributed by atoms with Gasteiger partial charge in [0.15, 0.2) is 5.13 Å². The molecule has 1 fully saturated rings. The molecule has 2 heterocycles. The Hall–Kier alpha value is -0.790. The van der Waals surface area contributed by atoms with Gasteiger partial charge < -0.3 is 5.32 Å². The van der Waals surface area contributed by atoms with Crippen molar-refractivity contribution in [3.8, 4) is 0 Å². The van der Waals surface area contributed by atoms with Gasteiger partial charge in [0.1, 0.15) is 0 Å². The first-order chi connectivity index (χ1) is 9.60. The van der Waals surface area contributed by atoms with Crippen LogP contribution in [0.4, 0.5) is 5.13 Å². The molecule has 1 saturated heterocycles. The summed E-state index contributed by atoms with van der Waals surface area (Å²) in [4.78, 5) is 17.7. The van der Waals surface area contributed by atoms with Gasteiger partial charge in [-0.3, -0.25) is 13.9 Å². The lowest BCUT2D eigenvalue weighted by Gasteiger charge is -2.22. The highest BCUT2D eigenvalue weighted by molar-refractivity contribution is 7.85. The van der Waals surface area contributed by atoms with Crippen LogP contribution in [0.1, 0.15) is 32.4 Å². The van der Waals surface area contributed by atoms with Gasteiger partial charge >= 0.3 is 0 Å². The molecule has 0 unspecified atom stereocenters. The molecule has 1 aromatic rings. The number of nitrogens with zero attached hydrogens (tertiary/aromatic N) is 2. The standard InChI is InChI=1S/C13H21N3O2S2/c1-3-16(10(2)17)13-15-12(9-19-13)8-14-11-4-6-20(18)7-5-11/h9,11,14H,3-8H2,1-2H3. The minimum atomic E-state index is -0.615. The normalized spacial score (nSPS) is 22.7. The number of carbonyl (C=O) groups excluding carboxylic acids is 1. The second-order valence-electron chi connectivity index (χ2n) is 4.89. The summed E-state index contributed by atoms with van der Waals surface area (Å²) in [6.07, 6.45) is 1.94. The van der Waals surface area contributed by atoms with Crippen LogP contribution in [0.3, 0.4) is 0 Å². The van der Waals surface area contributed by atoms with Crippen LogP contribution in [-0.4, -0.2) is 39.2 Å². The molecule has 0 atom stereocenters. The summed E-state index contributed by atoms with van der Waals surface area (Å²) >= 11 is 1.50. The van der Waals surface area contributed by atoms with E-state index in [9.17, 15) is 9.00 Å². The fourth-order valence-corrected chi connectivity index (χ4v) is 4.47. The van der Waals surface area contributed by atoms with E-state index >= 15 is 0 Å². The molecule has 0 radical (unpaired) electrons. The Kier molecular flexibility index (Phi) is 5.68. The van der Waals surface area contributed by atoms with Crippen LogP contribution in [0, 0.1) is 0 Å². The van der Waals surface area contributed by atoms with Crippen molar-refractivity contribution < 1.29 is 9.00 Å². The number of anilines is 1. The highest BCUT2D eigenvalue weighted by Gasteiger charge is 2.18.